The van der Waals surface area contributed by atoms with Crippen LogP contribution in [0, 0.1) is 0 Å². The predicted molar refractivity (Wildman–Crippen MR) is 81.4 cm³/mol. The Hall–Kier alpha value is -0.870. The van der Waals surface area contributed by atoms with Gasteiger partial charge in [-0.1, -0.05) is 13.0 Å². The summed E-state index contributed by atoms with van der Waals surface area (Å²) in [6, 6.07) is 6.48. The molecule has 4 heteroatoms. The zero-order chi connectivity index (χ0) is 13.7. The van der Waals surface area contributed by atoms with Crippen molar-refractivity contribution in [1.29, 1.82) is 0 Å². The van der Waals surface area contributed by atoms with E-state index < -0.39 is 0 Å². The molecule has 0 radical (unpaired) electrons. The van der Waals surface area contributed by atoms with Crippen LogP contribution in [0.3, 0.4) is 0 Å². The average molecular weight is 281 g/mol. The van der Waals surface area contributed by atoms with Crippen LogP contribution in [0.2, 0.25) is 0 Å². The molecule has 1 heterocycles. The van der Waals surface area contributed by atoms with E-state index in [1.807, 2.05) is 12.1 Å². The average Bonchev–Trinajstić information content (AvgIpc) is 2.98. The van der Waals surface area contributed by atoms with Crippen molar-refractivity contribution in [3.8, 4) is 11.5 Å². The number of nitrogens with one attached hydrogen (secondary N) is 1. The Labute approximate surface area is 120 Å². The maximum Gasteiger partial charge on any atom is 0.127 e. The lowest BCUT2D eigenvalue weighted by Gasteiger charge is -2.26. The van der Waals surface area contributed by atoms with E-state index in [4.69, 9.17) is 9.47 Å². The van der Waals surface area contributed by atoms with Gasteiger partial charge in [0.15, 0.2) is 0 Å². The third kappa shape index (κ3) is 3.37. The predicted octanol–water partition coefficient (Wildman–Crippen LogP) is 3.25. The van der Waals surface area contributed by atoms with Crippen LogP contribution >= 0.6 is 11.8 Å². The van der Waals surface area contributed by atoms with Crippen molar-refractivity contribution in [3.63, 3.8) is 0 Å². The molecule has 3 nitrogen and oxygen atoms in total. The lowest BCUT2D eigenvalue weighted by Crippen LogP contribution is -2.29. The highest BCUT2D eigenvalue weighted by atomic mass is 32.2. The molecule has 0 aliphatic carbocycles. The topological polar surface area (TPSA) is 30.5 Å². The fraction of sp³-hybridized carbons (Fsp3) is 0.600. The molecule has 19 heavy (non-hydrogen) atoms. The molecule has 0 spiro atoms. The third-order valence-electron chi connectivity index (χ3n) is 3.54. The summed E-state index contributed by atoms with van der Waals surface area (Å²) in [6.07, 6.45) is 2.59. The van der Waals surface area contributed by atoms with Crippen molar-refractivity contribution in [2.75, 3.05) is 26.5 Å². The van der Waals surface area contributed by atoms with E-state index in [0.29, 0.717) is 11.3 Å². The van der Waals surface area contributed by atoms with Gasteiger partial charge in [0.05, 0.1) is 14.2 Å². The first-order valence-electron chi connectivity index (χ1n) is 6.87. The molecule has 1 N–H and O–H groups in total. The van der Waals surface area contributed by atoms with Gasteiger partial charge in [-0.3, -0.25) is 0 Å². The molecule has 0 saturated carbocycles. The highest BCUT2D eigenvalue weighted by molar-refractivity contribution is 8.00. The molecule has 2 unspecified atom stereocenters. The molecule has 2 rings (SSSR count). The minimum Gasteiger partial charge on any atom is -0.497 e. The van der Waals surface area contributed by atoms with Crippen LogP contribution in [0.5, 0.6) is 11.5 Å². The highest BCUT2D eigenvalue weighted by Crippen LogP contribution is 2.40. The van der Waals surface area contributed by atoms with E-state index in [0.717, 1.165) is 18.0 Å². The van der Waals surface area contributed by atoms with E-state index in [1.54, 1.807) is 14.2 Å². The van der Waals surface area contributed by atoms with Gasteiger partial charge in [-0.2, -0.15) is 11.8 Å². The van der Waals surface area contributed by atoms with E-state index in [1.165, 1.54) is 24.2 Å². The van der Waals surface area contributed by atoms with Crippen LogP contribution in [-0.2, 0) is 0 Å². The van der Waals surface area contributed by atoms with E-state index in [9.17, 15) is 0 Å². The lowest BCUT2D eigenvalue weighted by atomic mass is 9.99. The lowest BCUT2D eigenvalue weighted by molar-refractivity contribution is 0.383. The maximum absolute atomic E-state index is 5.55. The standard InChI is InChI=1S/C15H23NO2S/c1-4-16-15(14-6-5-9-19-14)12-8-7-11(17-2)10-13(12)18-3/h7-8,10,14-16H,4-6,9H2,1-3H3. The van der Waals surface area contributed by atoms with Crippen molar-refractivity contribution < 1.29 is 9.47 Å². The van der Waals surface area contributed by atoms with E-state index in [2.05, 4.69) is 30.1 Å². The molecule has 0 amide bonds. The van der Waals surface area contributed by atoms with Crippen LogP contribution in [-0.4, -0.2) is 31.8 Å². The summed E-state index contributed by atoms with van der Waals surface area (Å²) < 4.78 is 10.8. The van der Waals surface area contributed by atoms with Gasteiger partial charge in [0.1, 0.15) is 11.5 Å². The summed E-state index contributed by atoms with van der Waals surface area (Å²) >= 11 is 2.07. The normalized spacial score (nSPS) is 20.3. The van der Waals surface area contributed by atoms with Crippen LogP contribution in [0.25, 0.3) is 0 Å². The fourth-order valence-electron chi connectivity index (χ4n) is 2.60. The van der Waals surface area contributed by atoms with Crippen molar-refractivity contribution in [1.82, 2.24) is 5.32 Å². The second kappa shape index (κ2) is 7.06. The molecule has 1 aromatic carbocycles. The number of benzene rings is 1. The number of hydrogen-bond acceptors (Lipinski definition) is 4. The Morgan fingerprint density at radius 2 is 2.21 bits per heavy atom. The fourth-order valence-corrected chi connectivity index (χ4v) is 4.01. The zero-order valence-electron chi connectivity index (χ0n) is 11.9. The Balaban J connectivity index is 2.29. The zero-order valence-corrected chi connectivity index (χ0v) is 12.8. The molecule has 0 bridgehead atoms. The first-order chi connectivity index (χ1) is 9.30. The molecule has 1 aliphatic heterocycles. The van der Waals surface area contributed by atoms with Gasteiger partial charge in [0.25, 0.3) is 0 Å². The molecule has 106 valence electrons. The van der Waals surface area contributed by atoms with Crippen molar-refractivity contribution >= 4 is 11.8 Å². The number of hydrogen-bond donors (Lipinski definition) is 1. The largest absolute Gasteiger partial charge is 0.497 e. The van der Waals surface area contributed by atoms with Crippen LogP contribution < -0.4 is 14.8 Å². The monoisotopic (exact) mass is 281 g/mol. The summed E-state index contributed by atoms with van der Waals surface area (Å²) in [5.74, 6) is 3.03. The SMILES string of the molecule is CCNC(c1ccc(OC)cc1OC)C1CCCS1. The first kappa shape index (κ1) is 14.5. The summed E-state index contributed by atoms with van der Waals surface area (Å²) in [4.78, 5) is 0. The molecule has 0 aromatic heterocycles. The Kier molecular flexibility index (Phi) is 5.40. The smallest absolute Gasteiger partial charge is 0.127 e. The van der Waals surface area contributed by atoms with E-state index in [-0.39, 0.29) is 0 Å². The van der Waals surface area contributed by atoms with Crippen LogP contribution in [0.1, 0.15) is 31.4 Å². The molecule has 2 atom stereocenters. The Bertz CT molecular complexity index is 405. The van der Waals surface area contributed by atoms with Gasteiger partial charge in [0.2, 0.25) is 0 Å². The van der Waals surface area contributed by atoms with Gasteiger partial charge < -0.3 is 14.8 Å². The first-order valence-corrected chi connectivity index (χ1v) is 7.92. The quantitative estimate of drug-likeness (QED) is 0.867. The van der Waals surface area contributed by atoms with Crippen LogP contribution in [0.15, 0.2) is 18.2 Å². The molecular weight excluding hydrogens is 258 g/mol. The second-order valence-corrected chi connectivity index (χ2v) is 6.04. The van der Waals surface area contributed by atoms with Gasteiger partial charge in [0, 0.05) is 22.9 Å². The molecular formula is C15H23NO2S. The minimum absolute atomic E-state index is 0.360. The van der Waals surface area contributed by atoms with E-state index >= 15 is 0 Å². The van der Waals surface area contributed by atoms with Gasteiger partial charge in [-0.05, 0) is 31.2 Å². The minimum atomic E-state index is 0.360. The van der Waals surface area contributed by atoms with Crippen molar-refractivity contribution in [2.24, 2.45) is 0 Å². The van der Waals surface area contributed by atoms with Gasteiger partial charge in [-0.25, -0.2) is 0 Å². The second-order valence-electron chi connectivity index (χ2n) is 4.69. The summed E-state index contributed by atoms with van der Waals surface area (Å²) in [7, 11) is 3.41. The maximum atomic E-state index is 5.55. The Morgan fingerprint density at radius 3 is 2.79 bits per heavy atom. The van der Waals surface area contributed by atoms with Gasteiger partial charge in [-0.15, -0.1) is 0 Å². The van der Waals surface area contributed by atoms with Crippen LogP contribution in [0.4, 0.5) is 0 Å². The molecule has 1 aliphatic rings. The number of thioether (sulfide) groups is 1. The number of methoxy groups -OCH3 is 2. The summed E-state index contributed by atoms with van der Waals surface area (Å²) in [5.41, 5.74) is 1.24. The number of ether oxygens (including phenoxy) is 2. The molecule has 1 aromatic rings. The third-order valence-corrected chi connectivity index (χ3v) is 5.00. The van der Waals surface area contributed by atoms with Gasteiger partial charge >= 0.3 is 0 Å². The van der Waals surface area contributed by atoms with Crippen molar-refractivity contribution in [2.45, 2.75) is 31.1 Å². The molecule has 1 saturated heterocycles. The highest BCUT2D eigenvalue weighted by Gasteiger charge is 2.28. The number of rotatable bonds is 6. The summed E-state index contributed by atoms with van der Waals surface area (Å²) in [5, 5.41) is 4.25. The van der Waals surface area contributed by atoms with Crippen molar-refractivity contribution in [3.05, 3.63) is 23.8 Å². The molecule has 1 fully saturated rings. The Morgan fingerprint density at radius 1 is 1.37 bits per heavy atom. The summed E-state index contributed by atoms with van der Waals surface area (Å²) in [6.45, 7) is 3.12.